The molecule has 0 saturated heterocycles. The molecule has 2 atom stereocenters. The lowest BCUT2D eigenvalue weighted by Crippen LogP contribution is -2.29. The zero-order chi connectivity index (χ0) is 55.9. The number of esters is 2. The van der Waals surface area contributed by atoms with Gasteiger partial charge < -0.3 is 20.1 Å². The minimum atomic E-state index is -4.41. The Bertz CT molecular complexity index is 1580. The van der Waals surface area contributed by atoms with Gasteiger partial charge in [-0.1, -0.05) is 278 Å². The van der Waals surface area contributed by atoms with Gasteiger partial charge in [0.25, 0.3) is 0 Å². The van der Waals surface area contributed by atoms with Crippen LogP contribution in [0.15, 0.2) is 97.2 Å². The van der Waals surface area contributed by atoms with E-state index < -0.39 is 32.5 Å². The van der Waals surface area contributed by atoms with E-state index in [9.17, 15) is 19.0 Å². The monoisotopic (exact) mass is 1100 g/mol. The molecule has 3 N–H and O–H groups in total. The van der Waals surface area contributed by atoms with Crippen molar-refractivity contribution in [2.75, 3.05) is 26.4 Å². The van der Waals surface area contributed by atoms with Gasteiger partial charge >= 0.3 is 19.8 Å². The first-order valence-electron chi connectivity index (χ1n) is 31.7. The van der Waals surface area contributed by atoms with Crippen molar-refractivity contribution in [3.8, 4) is 0 Å². The van der Waals surface area contributed by atoms with E-state index in [-0.39, 0.29) is 32.6 Å². The fraction of sp³-hybridized carbons (Fsp3) is 0.731. The molecule has 0 radical (unpaired) electrons. The highest BCUT2D eigenvalue weighted by atomic mass is 31.2. The number of phosphoric ester groups is 1. The molecule has 0 bridgehead atoms. The average molecular weight is 1100 g/mol. The number of ether oxygens (including phenoxy) is 2. The van der Waals surface area contributed by atoms with Crippen LogP contribution in [-0.4, -0.2) is 49.3 Å². The van der Waals surface area contributed by atoms with Crippen molar-refractivity contribution in [3.05, 3.63) is 97.2 Å². The third-order valence-corrected chi connectivity index (χ3v) is 14.4. The summed E-state index contributed by atoms with van der Waals surface area (Å²) < 4.78 is 32.9. The van der Waals surface area contributed by atoms with E-state index in [1.165, 1.54) is 180 Å². The maximum absolute atomic E-state index is 12.6. The molecular formula is C67H118NO8P. The number of hydrogen-bond donors (Lipinski definition) is 2. The molecule has 0 aromatic carbocycles. The predicted octanol–water partition coefficient (Wildman–Crippen LogP) is 20.4. The lowest BCUT2D eigenvalue weighted by Gasteiger charge is -2.19. The van der Waals surface area contributed by atoms with Crippen LogP contribution in [0.25, 0.3) is 0 Å². The molecule has 0 aromatic heterocycles. The van der Waals surface area contributed by atoms with Crippen molar-refractivity contribution in [2.45, 2.75) is 290 Å². The maximum Gasteiger partial charge on any atom is 0.472 e. The van der Waals surface area contributed by atoms with Crippen LogP contribution in [0.5, 0.6) is 0 Å². The van der Waals surface area contributed by atoms with Gasteiger partial charge in [0.1, 0.15) is 6.61 Å². The average Bonchev–Trinajstić information content (AvgIpc) is 3.42. The second-order valence-corrected chi connectivity index (χ2v) is 22.3. The lowest BCUT2D eigenvalue weighted by atomic mass is 10.0. The fourth-order valence-corrected chi connectivity index (χ4v) is 9.56. The molecule has 10 heteroatoms. The van der Waals surface area contributed by atoms with E-state index in [2.05, 4.69) is 105 Å². The summed E-state index contributed by atoms with van der Waals surface area (Å²) in [7, 11) is -4.41. The summed E-state index contributed by atoms with van der Waals surface area (Å²) in [6, 6.07) is 0. The van der Waals surface area contributed by atoms with E-state index in [0.717, 1.165) is 64.2 Å². The summed E-state index contributed by atoms with van der Waals surface area (Å²) in [5.74, 6) is -0.892. The number of allylic oxidation sites excluding steroid dienone is 16. The number of rotatable bonds is 59. The summed E-state index contributed by atoms with van der Waals surface area (Å²) in [6.07, 6.45) is 83.7. The van der Waals surface area contributed by atoms with E-state index in [4.69, 9.17) is 24.3 Å². The molecule has 9 nitrogen and oxygen atoms in total. The van der Waals surface area contributed by atoms with Gasteiger partial charge in [0, 0.05) is 19.4 Å². The van der Waals surface area contributed by atoms with Crippen LogP contribution in [0.3, 0.4) is 0 Å². The van der Waals surface area contributed by atoms with Gasteiger partial charge in [0.15, 0.2) is 6.10 Å². The maximum atomic E-state index is 12.6. The molecule has 0 spiro atoms. The number of carbonyl (C=O) groups excluding carboxylic acids is 2. The van der Waals surface area contributed by atoms with Crippen LogP contribution in [0.1, 0.15) is 284 Å². The first-order valence-corrected chi connectivity index (χ1v) is 33.2. The molecule has 0 saturated carbocycles. The van der Waals surface area contributed by atoms with Crippen molar-refractivity contribution >= 4 is 19.8 Å². The molecule has 0 aliphatic heterocycles. The van der Waals surface area contributed by atoms with Crippen molar-refractivity contribution in [1.82, 2.24) is 0 Å². The highest BCUT2D eigenvalue weighted by Crippen LogP contribution is 2.43. The quantitative estimate of drug-likeness (QED) is 0.0264. The molecule has 0 fully saturated rings. The summed E-state index contributed by atoms with van der Waals surface area (Å²) in [4.78, 5) is 35.1. The molecular weight excluding hydrogens is 978 g/mol. The topological polar surface area (TPSA) is 134 Å². The van der Waals surface area contributed by atoms with Crippen LogP contribution in [-0.2, 0) is 32.7 Å². The van der Waals surface area contributed by atoms with E-state index >= 15 is 0 Å². The zero-order valence-corrected chi connectivity index (χ0v) is 50.6. The molecule has 0 aliphatic carbocycles. The van der Waals surface area contributed by atoms with Gasteiger partial charge in [-0.15, -0.1) is 0 Å². The number of phosphoric acid groups is 1. The fourth-order valence-electron chi connectivity index (χ4n) is 8.80. The molecule has 0 amide bonds. The zero-order valence-electron chi connectivity index (χ0n) is 49.7. The Kier molecular flexibility index (Phi) is 59.7. The second-order valence-electron chi connectivity index (χ2n) is 20.9. The van der Waals surface area contributed by atoms with Crippen molar-refractivity contribution in [2.24, 2.45) is 5.73 Å². The van der Waals surface area contributed by atoms with Crippen LogP contribution >= 0.6 is 7.82 Å². The Hall–Kier alpha value is -3.07. The SMILES string of the molecule is CC/C=C\C/C=C\C/C=C\C/C=C\C/C=C\CCCC(=O)OC(COC(=O)CCCCCCCCCCCCCCCCCCCCCCCCCC/C=C\C/C=C\C/C=C\CCCCCCC)COP(=O)(O)OCCN. The Balaban J connectivity index is 3.82. The third-order valence-electron chi connectivity index (χ3n) is 13.5. The Morgan fingerprint density at radius 3 is 1.10 bits per heavy atom. The normalized spacial score (nSPS) is 13.7. The molecule has 0 aromatic rings. The molecule has 0 heterocycles. The first-order chi connectivity index (χ1) is 37.8. The number of carbonyl (C=O) groups is 2. The minimum absolute atomic E-state index is 0.0414. The van der Waals surface area contributed by atoms with Crippen LogP contribution < -0.4 is 5.73 Å². The first kappa shape index (κ1) is 73.9. The van der Waals surface area contributed by atoms with Gasteiger partial charge in [-0.2, -0.15) is 0 Å². The Labute approximate surface area is 474 Å². The Morgan fingerprint density at radius 1 is 0.403 bits per heavy atom. The van der Waals surface area contributed by atoms with E-state index in [0.29, 0.717) is 12.8 Å². The summed E-state index contributed by atoms with van der Waals surface area (Å²) in [6.45, 7) is 3.56. The third kappa shape index (κ3) is 62.0. The molecule has 0 aliphatic rings. The highest BCUT2D eigenvalue weighted by molar-refractivity contribution is 7.47. The molecule has 2 unspecified atom stereocenters. The molecule has 0 rings (SSSR count). The number of nitrogens with two attached hydrogens (primary N) is 1. The summed E-state index contributed by atoms with van der Waals surface area (Å²) in [5.41, 5.74) is 5.38. The van der Waals surface area contributed by atoms with Gasteiger partial charge in [0.05, 0.1) is 13.2 Å². The summed E-state index contributed by atoms with van der Waals surface area (Å²) >= 11 is 0. The second kappa shape index (κ2) is 62.1. The van der Waals surface area contributed by atoms with Gasteiger partial charge in [-0.3, -0.25) is 18.6 Å². The van der Waals surface area contributed by atoms with Gasteiger partial charge in [-0.25, -0.2) is 4.57 Å². The minimum Gasteiger partial charge on any atom is -0.462 e. The van der Waals surface area contributed by atoms with Crippen LogP contribution in [0, 0.1) is 0 Å². The van der Waals surface area contributed by atoms with Crippen LogP contribution in [0.2, 0.25) is 0 Å². The van der Waals surface area contributed by atoms with Crippen molar-refractivity contribution in [3.63, 3.8) is 0 Å². The van der Waals surface area contributed by atoms with Crippen LogP contribution in [0.4, 0.5) is 0 Å². The Morgan fingerprint density at radius 2 is 0.727 bits per heavy atom. The smallest absolute Gasteiger partial charge is 0.462 e. The van der Waals surface area contributed by atoms with Gasteiger partial charge in [-0.05, 0) is 89.9 Å². The van der Waals surface area contributed by atoms with Crippen molar-refractivity contribution < 1.29 is 37.6 Å². The predicted molar refractivity (Wildman–Crippen MR) is 330 cm³/mol. The largest absolute Gasteiger partial charge is 0.472 e. The van der Waals surface area contributed by atoms with E-state index in [1.807, 2.05) is 6.08 Å². The standard InChI is InChI=1S/C67H118NO8P/c1-3-5-7-9-11-13-15-17-19-21-22-23-24-25-26-27-28-29-30-31-32-33-34-35-36-37-38-39-40-41-42-44-45-47-49-51-53-55-57-59-66(69)73-63-65(64-75-77(71,72)74-62-61-68)76-67(70)60-58-56-54-52-50-48-46-43-20-18-16-14-12-10-8-6-4-2/h6,8,12,14-15,17-18,20-22,24-25,46,48,52,54,65H,3-5,7,9-11,13,16,19,23,26-45,47,49-51,53,55-64,68H2,1-2H3,(H,71,72)/b8-6-,14-12-,17-15-,20-18-,22-21-,25-24-,48-46-,54-52-. The van der Waals surface area contributed by atoms with Crippen molar-refractivity contribution in [1.29, 1.82) is 0 Å². The highest BCUT2D eigenvalue weighted by Gasteiger charge is 2.26. The number of unbranched alkanes of at least 4 members (excludes halogenated alkanes) is 30. The summed E-state index contributed by atoms with van der Waals surface area (Å²) in [5, 5.41) is 0. The molecule has 444 valence electrons. The molecule has 77 heavy (non-hydrogen) atoms. The number of hydrogen-bond acceptors (Lipinski definition) is 8. The lowest BCUT2D eigenvalue weighted by molar-refractivity contribution is -0.161. The van der Waals surface area contributed by atoms with Gasteiger partial charge in [0.2, 0.25) is 0 Å². The van der Waals surface area contributed by atoms with E-state index in [1.54, 1.807) is 0 Å².